The molecule has 2 heterocycles. The Labute approximate surface area is 215 Å². The Morgan fingerprint density at radius 2 is 0.806 bits per heavy atom. The van der Waals surface area contributed by atoms with Crippen molar-refractivity contribution in [3.8, 4) is 0 Å². The Hall–Kier alpha value is -4.00. The Morgan fingerprint density at radius 1 is 0.500 bits per heavy atom. The minimum Gasteiger partial charge on any atom is -0.268 e. The Balaban J connectivity index is 1.58. The van der Waals surface area contributed by atoms with Crippen molar-refractivity contribution in [2.75, 3.05) is 9.80 Å². The standard InChI is InChI=1S/C28H16Cl2N2O4/c1-13-19(29)5-3-7-21(13)31-25(33)15-9-11-17-24-18(12-10-16(23(15)24)26(31)34)28(36)32(27(17)35)22-8-4-6-20(30)14(22)2/h3-12H,1-2H3. The molecule has 0 atom stereocenters. The first-order chi connectivity index (χ1) is 17.2. The van der Waals surface area contributed by atoms with Gasteiger partial charge >= 0.3 is 0 Å². The fraction of sp³-hybridized carbons (Fsp3) is 0.0714. The molecule has 0 saturated carbocycles. The van der Waals surface area contributed by atoms with Gasteiger partial charge in [-0.05, 0) is 73.5 Å². The molecule has 8 heteroatoms. The number of hydrogen-bond donors (Lipinski definition) is 0. The zero-order chi connectivity index (χ0) is 25.5. The van der Waals surface area contributed by atoms with Crippen LogP contribution < -0.4 is 9.80 Å². The van der Waals surface area contributed by atoms with Crippen molar-refractivity contribution in [1.29, 1.82) is 0 Å². The number of hydrogen-bond acceptors (Lipinski definition) is 4. The summed E-state index contributed by atoms with van der Waals surface area (Å²) in [6.45, 7) is 3.47. The van der Waals surface area contributed by atoms with Crippen LogP contribution in [0.2, 0.25) is 10.0 Å². The second kappa shape index (κ2) is 7.75. The van der Waals surface area contributed by atoms with E-state index in [2.05, 4.69) is 0 Å². The molecule has 4 amide bonds. The van der Waals surface area contributed by atoms with E-state index < -0.39 is 23.6 Å². The van der Waals surface area contributed by atoms with Crippen LogP contribution in [-0.4, -0.2) is 23.6 Å². The largest absolute Gasteiger partial charge is 0.268 e. The van der Waals surface area contributed by atoms with E-state index in [-0.39, 0.29) is 22.3 Å². The highest BCUT2D eigenvalue weighted by atomic mass is 35.5. The molecule has 0 N–H and O–H groups in total. The zero-order valence-corrected chi connectivity index (χ0v) is 20.6. The van der Waals surface area contributed by atoms with E-state index in [9.17, 15) is 19.2 Å². The van der Waals surface area contributed by atoms with Crippen LogP contribution in [0, 0.1) is 13.8 Å². The molecule has 6 nitrogen and oxygen atoms in total. The fourth-order valence-corrected chi connectivity index (χ4v) is 5.33. The zero-order valence-electron chi connectivity index (χ0n) is 19.1. The maximum atomic E-state index is 13.6. The lowest BCUT2D eigenvalue weighted by Crippen LogP contribution is -2.43. The second-order valence-corrected chi connectivity index (χ2v) is 9.55. The van der Waals surface area contributed by atoms with Gasteiger partial charge in [-0.1, -0.05) is 35.3 Å². The third-order valence-electron chi connectivity index (χ3n) is 6.85. The number of amides is 4. The Morgan fingerprint density at radius 3 is 1.11 bits per heavy atom. The summed E-state index contributed by atoms with van der Waals surface area (Å²) in [6.07, 6.45) is 0. The average molecular weight is 515 g/mol. The van der Waals surface area contributed by atoms with Crippen molar-refractivity contribution < 1.29 is 19.2 Å². The van der Waals surface area contributed by atoms with Crippen LogP contribution >= 0.6 is 23.2 Å². The average Bonchev–Trinajstić information content (AvgIpc) is 2.86. The van der Waals surface area contributed by atoms with E-state index in [4.69, 9.17) is 23.2 Å². The molecule has 36 heavy (non-hydrogen) atoms. The van der Waals surface area contributed by atoms with Crippen molar-refractivity contribution in [3.63, 3.8) is 0 Å². The quantitative estimate of drug-likeness (QED) is 0.291. The first-order valence-corrected chi connectivity index (χ1v) is 11.9. The molecule has 0 unspecified atom stereocenters. The van der Waals surface area contributed by atoms with Crippen LogP contribution in [0.25, 0.3) is 10.8 Å². The first kappa shape index (κ1) is 22.5. The van der Waals surface area contributed by atoms with Gasteiger partial charge in [0.25, 0.3) is 23.6 Å². The van der Waals surface area contributed by atoms with Crippen molar-refractivity contribution in [1.82, 2.24) is 0 Å². The van der Waals surface area contributed by atoms with E-state index in [1.807, 2.05) is 0 Å². The summed E-state index contributed by atoms with van der Waals surface area (Å²) in [5, 5.41) is 1.47. The topological polar surface area (TPSA) is 74.8 Å². The molecule has 0 saturated heterocycles. The molecule has 176 valence electrons. The van der Waals surface area contributed by atoms with Gasteiger partial charge in [-0.15, -0.1) is 0 Å². The summed E-state index contributed by atoms with van der Waals surface area (Å²) in [6, 6.07) is 16.1. The molecule has 2 aliphatic heterocycles. The van der Waals surface area contributed by atoms with E-state index in [0.29, 0.717) is 43.3 Å². The number of carbonyl (C=O) groups is 4. The summed E-state index contributed by atoms with van der Waals surface area (Å²) < 4.78 is 0. The molecule has 4 aromatic rings. The van der Waals surface area contributed by atoms with E-state index in [0.717, 1.165) is 9.80 Å². The Kier molecular flexibility index (Phi) is 4.84. The van der Waals surface area contributed by atoms with E-state index in [1.54, 1.807) is 50.2 Å². The van der Waals surface area contributed by atoms with Gasteiger partial charge in [0.1, 0.15) is 0 Å². The molecule has 0 bridgehead atoms. The van der Waals surface area contributed by atoms with Gasteiger partial charge in [0.2, 0.25) is 0 Å². The van der Waals surface area contributed by atoms with Gasteiger partial charge in [-0.25, -0.2) is 9.80 Å². The summed E-state index contributed by atoms with van der Waals surface area (Å²) in [4.78, 5) is 56.6. The fourth-order valence-electron chi connectivity index (χ4n) is 4.99. The maximum absolute atomic E-state index is 13.6. The Bertz CT molecular complexity index is 1530. The smallest absolute Gasteiger partial charge is 0.265 e. The predicted molar refractivity (Wildman–Crippen MR) is 139 cm³/mol. The number of anilines is 2. The number of nitrogens with zero attached hydrogens (tertiary/aromatic N) is 2. The number of benzene rings is 4. The number of carbonyl (C=O) groups excluding carboxylic acids is 4. The number of imide groups is 2. The molecule has 0 aromatic heterocycles. The lowest BCUT2D eigenvalue weighted by atomic mass is 9.85. The third kappa shape index (κ3) is 2.86. The number of rotatable bonds is 2. The molecular weight excluding hydrogens is 499 g/mol. The predicted octanol–water partition coefficient (Wildman–Crippen LogP) is 6.36. The normalized spacial score (nSPS) is 14.8. The highest BCUT2D eigenvalue weighted by Crippen LogP contribution is 2.41. The van der Waals surface area contributed by atoms with Crippen LogP contribution in [0.3, 0.4) is 0 Å². The van der Waals surface area contributed by atoms with Crippen molar-refractivity contribution >= 4 is 69.0 Å². The highest BCUT2D eigenvalue weighted by Gasteiger charge is 2.41. The second-order valence-electron chi connectivity index (χ2n) is 8.73. The van der Waals surface area contributed by atoms with Gasteiger partial charge in [-0.3, -0.25) is 19.2 Å². The molecular formula is C28H16Cl2N2O4. The van der Waals surface area contributed by atoms with Crippen LogP contribution in [0.15, 0.2) is 60.7 Å². The third-order valence-corrected chi connectivity index (χ3v) is 7.67. The van der Waals surface area contributed by atoms with Crippen molar-refractivity contribution in [2.45, 2.75) is 13.8 Å². The molecule has 4 aromatic carbocycles. The van der Waals surface area contributed by atoms with Gasteiger partial charge in [0.15, 0.2) is 0 Å². The van der Waals surface area contributed by atoms with Crippen molar-refractivity contribution in [2.24, 2.45) is 0 Å². The highest BCUT2D eigenvalue weighted by molar-refractivity contribution is 6.43. The SMILES string of the molecule is Cc1c(Cl)cccc1N1C(=O)c2ccc3c4c(ccc(c24)C1=O)C(=O)N(c1cccc(Cl)c1C)C3=O. The van der Waals surface area contributed by atoms with Gasteiger partial charge in [0.05, 0.1) is 11.4 Å². The number of halogens is 2. The minimum absolute atomic E-state index is 0.234. The minimum atomic E-state index is -0.547. The van der Waals surface area contributed by atoms with Crippen LogP contribution in [0.4, 0.5) is 11.4 Å². The molecule has 6 rings (SSSR count). The van der Waals surface area contributed by atoms with Gasteiger partial charge < -0.3 is 0 Å². The van der Waals surface area contributed by atoms with Crippen molar-refractivity contribution in [3.05, 3.63) is 104 Å². The molecule has 0 aliphatic carbocycles. The lowest BCUT2D eigenvalue weighted by Gasteiger charge is -2.32. The van der Waals surface area contributed by atoms with E-state index >= 15 is 0 Å². The summed E-state index contributed by atoms with van der Waals surface area (Å²) in [7, 11) is 0. The van der Waals surface area contributed by atoms with Gasteiger partial charge in [0, 0.05) is 43.1 Å². The summed E-state index contributed by atoms with van der Waals surface area (Å²) in [5.74, 6) is -2.19. The van der Waals surface area contributed by atoms with Crippen LogP contribution in [0.1, 0.15) is 52.6 Å². The first-order valence-electron chi connectivity index (χ1n) is 11.1. The molecule has 0 spiro atoms. The summed E-state index contributed by atoms with van der Waals surface area (Å²) in [5.41, 5.74) is 2.88. The molecule has 0 fully saturated rings. The summed E-state index contributed by atoms with van der Waals surface area (Å²) >= 11 is 12.5. The monoisotopic (exact) mass is 514 g/mol. The van der Waals surface area contributed by atoms with Crippen LogP contribution in [-0.2, 0) is 0 Å². The van der Waals surface area contributed by atoms with Crippen LogP contribution in [0.5, 0.6) is 0 Å². The lowest BCUT2D eigenvalue weighted by molar-refractivity contribution is 0.0873. The maximum Gasteiger partial charge on any atom is 0.265 e. The molecule has 2 aliphatic rings. The van der Waals surface area contributed by atoms with Gasteiger partial charge in [-0.2, -0.15) is 0 Å². The van der Waals surface area contributed by atoms with E-state index in [1.165, 1.54) is 24.3 Å². The molecule has 0 radical (unpaired) electrons.